The van der Waals surface area contributed by atoms with Crippen molar-refractivity contribution in [3.8, 4) is 5.75 Å². The molecule has 0 saturated carbocycles. The molecule has 2 aliphatic rings. The second kappa shape index (κ2) is 9.99. The highest BCUT2D eigenvalue weighted by Crippen LogP contribution is 2.29. The Morgan fingerprint density at radius 2 is 1.76 bits per heavy atom. The van der Waals surface area contributed by atoms with E-state index >= 15 is 0 Å². The van der Waals surface area contributed by atoms with Crippen molar-refractivity contribution in [2.24, 2.45) is 5.92 Å². The maximum atomic E-state index is 13.1. The van der Waals surface area contributed by atoms with Gasteiger partial charge in [0.25, 0.3) is 0 Å². The number of ether oxygens (including phenoxy) is 1. The Hall–Kier alpha value is -2.16. The SMILES string of the molecule is Cc1ccc(C)c(OC2CCN(C(=O)C3CCN(S(=O)(=O)c4cccnc4Cl)CC3)CC2)c1. The number of hydrogen-bond acceptors (Lipinski definition) is 5. The molecule has 0 bridgehead atoms. The van der Waals surface area contributed by atoms with Crippen LogP contribution in [0.5, 0.6) is 5.75 Å². The summed E-state index contributed by atoms with van der Waals surface area (Å²) >= 11 is 6.00. The fourth-order valence-electron chi connectivity index (χ4n) is 4.51. The molecule has 0 spiro atoms. The van der Waals surface area contributed by atoms with E-state index in [9.17, 15) is 13.2 Å². The van der Waals surface area contributed by atoms with Crippen LogP contribution in [0.25, 0.3) is 0 Å². The van der Waals surface area contributed by atoms with Gasteiger partial charge in [0.2, 0.25) is 15.9 Å². The van der Waals surface area contributed by atoms with Gasteiger partial charge in [-0.3, -0.25) is 4.79 Å². The normalized spacial score (nSPS) is 18.9. The minimum atomic E-state index is -3.71. The van der Waals surface area contributed by atoms with Gasteiger partial charge in [0.15, 0.2) is 0 Å². The molecule has 4 rings (SSSR count). The topological polar surface area (TPSA) is 79.8 Å². The highest BCUT2D eigenvalue weighted by atomic mass is 35.5. The Morgan fingerprint density at radius 1 is 1.06 bits per heavy atom. The first-order chi connectivity index (χ1) is 15.8. The van der Waals surface area contributed by atoms with Crippen molar-refractivity contribution in [1.29, 1.82) is 0 Å². The molecule has 0 unspecified atom stereocenters. The first-order valence-electron chi connectivity index (χ1n) is 11.4. The highest BCUT2D eigenvalue weighted by Gasteiger charge is 2.36. The number of carbonyl (C=O) groups excluding carboxylic acids is 1. The zero-order chi connectivity index (χ0) is 23.6. The van der Waals surface area contributed by atoms with Gasteiger partial charge in [0, 0.05) is 51.1 Å². The second-order valence-electron chi connectivity index (χ2n) is 8.88. The van der Waals surface area contributed by atoms with Crippen molar-refractivity contribution in [3.05, 3.63) is 52.8 Å². The van der Waals surface area contributed by atoms with Crippen molar-refractivity contribution in [2.75, 3.05) is 26.2 Å². The first kappa shape index (κ1) is 24.0. The smallest absolute Gasteiger partial charge is 0.246 e. The van der Waals surface area contributed by atoms with Crippen LogP contribution in [-0.4, -0.2) is 60.8 Å². The average molecular weight is 492 g/mol. The molecular formula is C24H30ClN3O4S. The molecule has 7 nitrogen and oxygen atoms in total. The van der Waals surface area contributed by atoms with Crippen LogP contribution in [0, 0.1) is 19.8 Å². The maximum absolute atomic E-state index is 13.1. The van der Waals surface area contributed by atoms with Crippen LogP contribution in [0.15, 0.2) is 41.4 Å². The van der Waals surface area contributed by atoms with Gasteiger partial charge in [-0.2, -0.15) is 4.31 Å². The molecular weight excluding hydrogens is 462 g/mol. The predicted molar refractivity (Wildman–Crippen MR) is 127 cm³/mol. The lowest BCUT2D eigenvalue weighted by atomic mass is 9.95. The lowest BCUT2D eigenvalue weighted by Gasteiger charge is -2.37. The Morgan fingerprint density at radius 3 is 2.42 bits per heavy atom. The van der Waals surface area contributed by atoms with Crippen molar-refractivity contribution in [1.82, 2.24) is 14.2 Å². The summed E-state index contributed by atoms with van der Waals surface area (Å²) < 4.78 is 33.4. The number of aryl methyl sites for hydroxylation is 2. The van der Waals surface area contributed by atoms with E-state index in [1.807, 2.05) is 11.8 Å². The van der Waals surface area contributed by atoms with Crippen LogP contribution >= 0.6 is 11.6 Å². The predicted octanol–water partition coefficient (Wildman–Crippen LogP) is 3.82. The van der Waals surface area contributed by atoms with Crippen molar-refractivity contribution < 1.29 is 17.9 Å². The number of likely N-dealkylation sites (tertiary alicyclic amines) is 1. The summed E-state index contributed by atoms with van der Waals surface area (Å²) in [6, 6.07) is 9.23. The second-order valence-corrected chi connectivity index (χ2v) is 11.1. The molecule has 0 radical (unpaired) electrons. The van der Waals surface area contributed by atoms with Crippen LogP contribution < -0.4 is 4.74 Å². The Labute approximate surface area is 200 Å². The zero-order valence-corrected chi connectivity index (χ0v) is 20.6. The van der Waals surface area contributed by atoms with Crippen LogP contribution in [-0.2, 0) is 14.8 Å². The number of benzene rings is 1. The van der Waals surface area contributed by atoms with Gasteiger partial charge >= 0.3 is 0 Å². The van der Waals surface area contributed by atoms with Gasteiger partial charge in [-0.1, -0.05) is 23.7 Å². The summed E-state index contributed by atoms with van der Waals surface area (Å²) in [6.07, 6.45) is 4.18. The third kappa shape index (κ3) is 5.34. The lowest BCUT2D eigenvalue weighted by Crippen LogP contribution is -2.47. The number of pyridine rings is 1. The zero-order valence-electron chi connectivity index (χ0n) is 19.0. The number of aromatic nitrogens is 1. The number of nitrogens with zero attached hydrogens (tertiary/aromatic N) is 3. The fourth-order valence-corrected chi connectivity index (χ4v) is 6.41. The number of amides is 1. The molecule has 3 heterocycles. The highest BCUT2D eigenvalue weighted by molar-refractivity contribution is 7.89. The molecule has 2 saturated heterocycles. The fraction of sp³-hybridized carbons (Fsp3) is 0.500. The Kier molecular flexibility index (Phi) is 7.26. The van der Waals surface area contributed by atoms with Crippen molar-refractivity contribution >= 4 is 27.5 Å². The van der Waals surface area contributed by atoms with E-state index in [-0.39, 0.29) is 28.0 Å². The Balaban J connectivity index is 1.29. The standard InChI is InChI=1S/C24H30ClN3O4S/c1-17-5-6-18(2)21(16-17)32-20-9-12-27(13-10-20)24(29)19-7-14-28(15-8-19)33(30,31)22-4-3-11-26-23(22)25/h3-6,11,16,19-20H,7-10,12-15H2,1-2H3. The van der Waals surface area contributed by atoms with Gasteiger partial charge in [-0.25, -0.2) is 13.4 Å². The lowest BCUT2D eigenvalue weighted by molar-refractivity contribution is -0.138. The number of rotatable bonds is 5. The molecule has 9 heteroatoms. The molecule has 1 aromatic carbocycles. The quantitative estimate of drug-likeness (QED) is 0.594. The van der Waals surface area contributed by atoms with E-state index in [1.54, 1.807) is 6.07 Å². The van der Waals surface area contributed by atoms with Gasteiger partial charge in [-0.15, -0.1) is 0 Å². The molecule has 1 amide bonds. The van der Waals surface area contributed by atoms with Crippen LogP contribution in [0.2, 0.25) is 5.15 Å². The van der Waals surface area contributed by atoms with E-state index < -0.39 is 10.0 Å². The summed E-state index contributed by atoms with van der Waals surface area (Å²) in [5, 5.41) is -0.0263. The minimum absolute atomic E-state index is 0.0161. The minimum Gasteiger partial charge on any atom is -0.490 e. The third-order valence-corrected chi connectivity index (χ3v) is 8.88. The molecule has 0 atom stereocenters. The van der Waals surface area contributed by atoms with E-state index in [0.29, 0.717) is 39.0 Å². The monoisotopic (exact) mass is 491 g/mol. The molecule has 33 heavy (non-hydrogen) atoms. The first-order valence-corrected chi connectivity index (χ1v) is 13.2. The van der Waals surface area contributed by atoms with E-state index in [4.69, 9.17) is 16.3 Å². The van der Waals surface area contributed by atoms with Gasteiger partial charge in [-0.05, 0) is 56.0 Å². The Bertz CT molecular complexity index is 1110. The molecule has 0 N–H and O–H groups in total. The number of halogens is 1. The maximum Gasteiger partial charge on any atom is 0.246 e. The van der Waals surface area contributed by atoms with Gasteiger partial charge in [0.05, 0.1) is 0 Å². The van der Waals surface area contributed by atoms with Crippen LogP contribution in [0.1, 0.15) is 36.8 Å². The molecule has 2 aliphatic heterocycles. The molecule has 178 valence electrons. The van der Waals surface area contributed by atoms with Gasteiger partial charge in [0.1, 0.15) is 21.9 Å². The third-order valence-electron chi connectivity index (χ3n) is 6.54. The molecule has 1 aromatic heterocycles. The molecule has 2 aromatic rings. The largest absolute Gasteiger partial charge is 0.490 e. The summed E-state index contributed by atoms with van der Waals surface area (Å²) in [5.74, 6) is 0.885. The number of carbonyl (C=O) groups is 1. The van der Waals surface area contributed by atoms with Crippen molar-refractivity contribution in [2.45, 2.75) is 50.5 Å². The van der Waals surface area contributed by atoms with E-state index in [1.165, 1.54) is 22.1 Å². The molecule has 0 aliphatic carbocycles. The summed E-state index contributed by atoms with van der Waals surface area (Å²) in [4.78, 5) is 18.9. The van der Waals surface area contributed by atoms with Crippen molar-refractivity contribution in [3.63, 3.8) is 0 Å². The molecule has 2 fully saturated rings. The average Bonchev–Trinajstić information content (AvgIpc) is 2.82. The van der Waals surface area contributed by atoms with E-state index in [2.05, 4.69) is 30.1 Å². The summed E-state index contributed by atoms with van der Waals surface area (Å²) in [5.41, 5.74) is 2.29. The van der Waals surface area contributed by atoms with Crippen LogP contribution in [0.3, 0.4) is 0 Å². The summed E-state index contributed by atoms with van der Waals surface area (Å²) in [7, 11) is -3.71. The number of sulfonamides is 1. The van der Waals surface area contributed by atoms with Crippen LogP contribution in [0.4, 0.5) is 0 Å². The number of piperidine rings is 2. The van der Waals surface area contributed by atoms with E-state index in [0.717, 1.165) is 24.2 Å². The number of hydrogen-bond donors (Lipinski definition) is 0. The summed E-state index contributed by atoms with van der Waals surface area (Å²) in [6.45, 7) is 6.03. The van der Waals surface area contributed by atoms with Gasteiger partial charge < -0.3 is 9.64 Å².